The molecule has 38 heavy (non-hydrogen) atoms. The second kappa shape index (κ2) is 9.84. The highest BCUT2D eigenvalue weighted by atomic mass is 35.5. The summed E-state index contributed by atoms with van der Waals surface area (Å²) in [7, 11) is -0.994. The zero-order valence-electron chi connectivity index (χ0n) is 21.0. The average Bonchev–Trinajstić information content (AvgIpc) is 3.16. The van der Waals surface area contributed by atoms with Crippen molar-refractivity contribution in [1.82, 2.24) is 0 Å². The van der Waals surface area contributed by atoms with Crippen LogP contribution in [0.15, 0.2) is 42.1 Å². The van der Waals surface area contributed by atoms with Gasteiger partial charge in [0.05, 0.1) is 26.2 Å². The summed E-state index contributed by atoms with van der Waals surface area (Å²) in [6.45, 7) is 1.18. The van der Waals surface area contributed by atoms with E-state index >= 15 is 0 Å². The number of anilines is 2. The lowest BCUT2D eigenvalue weighted by molar-refractivity contribution is -0.129. The summed E-state index contributed by atoms with van der Waals surface area (Å²) < 4.78 is 41.9. The minimum atomic E-state index is -3.79. The number of hydrogen-bond acceptors (Lipinski definition) is 9. The van der Waals surface area contributed by atoms with Crippen molar-refractivity contribution in [1.29, 1.82) is 0 Å². The van der Waals surface area contributed by atoms with E-state index in [4.69, 9.17) is 31.5 Å². The number of ether oxygens (including phenoxy) is 3. The maximum Gasteiger partial charge on any atom is 0.238 e. The standard InChI is InChI=1S/C25H26ClN3O8S/c1-13-8-15(28-14-6-5-7-16(9-14)29(12-20(27)31)38(4,33)34)10-19(30)25(13)24(32)21-17(35-2)11-18(36-3)22(26)23(21)37-25/h5-7,9-11,13,28H,8,12H2,1-4H3,(H2,27,31)/t13-,25+/m1/s1. The van der Waals surface area contributed by atoms with Gasteiger partial charge in [0.2, 0.25) is 33.1 Å². The van der Waals surface area contributed by atoms with Gasteiger partial charge in [-0.1, -0.05) is 24.6 Å². The minimum absolute atomic E-state index is 0.0286. The number of methoxy groups -OCH3 is 2. The number of carbonyl (C=O) groups is 3. The van der Waals surface area contributed by atoms with E-state index in [-0.39, 0.29) is 39.9 Å². The first-order valence-electron chi connectivity index (χ1n) is 11.4. The second-order valence-corrected chi connectivity index (χ2v) is 11.3. The summed E-state index contributed by atoms with van der Waals surface area (Å²) in [5.41, 5.74) is 4.62. The molecule has 1 aliphatic carbocycles. The van der Waals surface area contributed by atoms with Gasteiger partial charge in [-0.05, 0) is 24.6 Å². The van der Waals surface area contributed by atoms with E-state index in [0.29, 0.717) is 11.4 Å². The molecule has 0 saturated carbocycles. The molecule has 1 spiro atoms. The molecule has 2 aromatic rings. The van der Waals surface area contributed by atoms with Crippen molar-refractivity contribution in [2.75, 3.05) is 36.6 Å². The van der Waals surface area contributed by atoms with Crippen LogP contribution in [0, 0.1) is 5.92 Å². The number of nitrogens with zero attached hydrogens (tertiary/aromatic N) is 1. The molecule has 2 aromatic carbocycles. The molecule has 0 radical (unpaired) electrons. The number of fused-ring (bicyclic) bond motifs is 1. The highest BCUT2D eigenvalue weighted by Crippen LogP contribution is 2.53. The van der Waals surface area contributed by atoms with Gasteiger partial charge in [0, 0.05) is 29.4 Å². The summed E-state index contributed by atoms with van der Waals surface area (Å²) >= 11 is 6.41. The second-order valence-electron chi connectivity index (χ2n) is 9.02. The number of Topliss-reactive ketones (excluding diaryl/α,β-unsaturated/α-hetero) is 1. The Balaban J connectivity index is 1.66. The number of hydrogen-bond donors (Lipinski definition) is 2. The van der Waals surface area contributed by atoms with Crippen LogP contribution in [0.4, 0.5) is 11.4 Å². The number of nitrogens with two attached hydrogens (primary N) is 1. The minimum Gasteiger partial charge on any atom is -0.496 e. The van der Waals surface area contributed by atoms with Gasteiger partial charge in [-0.2, -0.15) is 0 Å². The molecule has 4 rings (SSSR count). The monoisotopic (exact) mass is 563 g/mol. The van der Waals surface area contributed by atoms with E-state index in [9.17, 15) is 22.8 Å². The van der Waals surface area contributed by atoms with Gasteiger partial charge in [-0.3, -0.25) is 18.7 Å². The predicted octanol–water partition coefficient (Wildman–Crippen LogP) is 2.53. The van der Waals surface area contributed by atoms with Gasteiger partial charge in [0.15, 0.2) is 5.75 Å². The smallest absolute Gasteiger partial charge is 0.238 e. The summed E-state index contributed by atoms with van der Waals surface area (Å²) in [4.78, 5) is 38.5. The lowest BCUT2D eigenvalue weighted by Gasteiger charge is -2.35. The molecule has 11 nitrogen and oxygen atoms in total. The van der Waals surface area contributed by atoms with Crippen LogP contribution in [0.25, 0.3) is 0 Å². The van der Waals surface area contributed by atoms with Crippen molar-refractivity contribution in [3.05, 3.63) is 52.7 Å². The van der Waals surface area contributed by atoms with Gasteiger partial charge in [0.25, 0.3) is 0 Å². The molecule has 0 unspecified atom stereocenters. The molecule has 1 aliphatic heterocycles. The molecule has 0 fully saturated rings. The van der Waals surface area contributed by atoms with Gasteiger partial charge in [-0.15, -0.1) is 0 Å². The molecule has 2 aliphatic rings. The molecule has 1 heterocycles. The number of nitrogens with one attached hydrogen (secondary N) is 1. The topological polar surface area (TPSA) is 154 Å². The Morgan fingerprint density at radius 2 is 1.92 bits per heavy atom. The highest BCUT2D eigenvalue weighted by molar-refractivity contribution is 7.92. The largest absolute Gasteiger partial charge is 0.496 e. The van der Waals surface area contributed by atoms with Crippen molar-refractivity contribution in [2.45, 2.75) is 18.9 Å². The summed E-state index contributed by atoms with van der Waals surface area (Å²) in [6.07, 6.45) is 2.49. The lowest BCUT2D eigenvalue weighted by atomic mass is 9.74. The van der Waals surface area contributed by atoms with Gasteiger partial charge < -0.3 is 25.3 Å². The van der Waals surface area contributed by atoms with E-state index in [2.05, 4.69) is 5.32 Å². The molecule has 202 valence electrons. The molecule has 0 saturated heterocycles. The zero-order valence-corrected chi connectivity index (χ0v) is 22.6. The first kappa shape index (κ1) is 27.3. The van der Waals surface area contributed by atoms with Crippen molar-refractivity contribution in [3.63, 3.8) is 0 Å². The van der Waals surface area contributed by atoms with Crippen LogP contribution in [-0.2, 0) is 19.6 Å². The Kier molecular flexibility index (Phi) is 7.06. The highest BCUT2D eigenvalue weighted by Gasteiger charge is 2.60. The van der Waals surface area contributed by atoms with Crippen LogP contribution in [0.3, 0.4) is 0 Å². The van der Waals surface area contributed by atoms with Gasteiger partial charge >= 0.3 is 0 Å². The number of primary amides is 1. The maximum atomic E-state index is 13.6. The molecule has 0 aromatic heterocycles. The summed E-state index contributed by atoms with van der Waals surface area (Å²) in [5, 5.41) is 3.16. The maximum absolute atomic E-state index is 13.6. The molecular weight excluding hydrogens is 538 g/mol. The molecule has 3 N–H and O–H groups in total. The van der Waals surface area contributed by atoms with Crippen LogP contribution in [-0.4, -0.2) is 58.5 Å². The Bertz CT molecular complexity index is 1490. The van der Waals surface area contributed by atoms with Crippen molar-refractivity contribution >= 4 is 50.5 Å². The number of rotatable bonds is 8. The van der Waals surface area contributed by atoms with Crippen LogP contribution >= 0.6 is 11.6 Å². The van der Waals surface area contributed by atoms with Crippen molar-refractivity contribution < 1.29 is 37.0 Å². The van der Waals surface area contributed by atoms with E-state index < -0.39 is 45.6 Å². The fraction of sp³-hybridized carbons (Fsp3) is 0.320. The SMILES string of the molecule is COc1cc(OC)c2c(c1Cl)O[C@@]1(C(=O)C=C(Nc3cccc(N(CC(N)=O)S(C)(=O)=O)c3)C[C@H]1C)C2=O. The van der Waals surface area contributed by atoms with E-state index in [0.717, 1.165) is 10.6 Å². The Morgan fingerprint density at radius 1 is 1.24 bits per heavy atom. The number of carbonyl (C=O) groups excluding carboxylic acids is 3. The predicted molar refractivity (Wildman–Crippen MR) is 141 cm³/mol. The van der Waals surface area contributed by atoms with Gasteiger partial charge in [0.1, 0.15) is 28.6 Å². The third kappa shape index (κ3) is 4.54. The van der Waals surface area contributed by atoms with Crippen molar-refractivity contribution in [3.8, 4) is 17.2 Å². The Labute approximate surface area is 224 Å². The quantitative estimate of drug-likeness (QED) is 0.461. The normalized spacial score (nSPS) is 20.4. The number of allylic oxidation sites excluding steroid dienone is 1. The number of benzene rings is 2. The molecule has 1 amide bonds. The summed E-state index contributed by atoms with van der Waals surface area (Å²) in [6, 6.07) is 7.75. The molecule has 2 atom stereocenters. The van der Waals surface area contributed by atoms with Crippen LogP contribution in [0.5, 0.6) is 17.2 Å². The van der Waals surface area contributed by atoms with Gasteiger partial charge in [-0.25, -0.2) is 8.42 Å². The first-order chi connectivity index (χ1) is 17.8. The molecular formula is C25H26ClN3O8S. The number of ketones is 2. The third-order valence-corrected chi connectivity index (χ3v) is 7.95. The number of amides is 1. The van der Waals surface area contributed by atoms with Crippen LogP contribution in [0.2, 0.25) is 5.02 Å². The Hall–Kier alpha value is -3.77. The molecule has 0 bridgehead atoms. The average molecular weight is 564 g/mol. The zero-order chi connectivity index (χ0) is 28.0. The van der Waals surface area contributed by atoms with E-state index in [1.807, 2.05) is 0 Å². The fourth-order valence-electron chi connectivity index (χ4n) is 4.68. The van der Waals surface area contributed by atoms with E-state index in [1.165, 1.54) is 38.5 Å². The van der Waals surface area contributed by atoms with Crippen LogP contribution < -0.4 is 29.6 Å². The third-order valence-electron chi connectivity index (χ3n) is 6.45. The number of halogens is 1. The van der Waals surface area contributed by atoms with Crippen LogP contribution in [0.1, 0.15) is 23.7 Å². The first-order valence-corrected chi connectivity index (χ1v) is 13.6. The Morgan fingerprint density at radius 3 is 2.50 bits per heavy atom. The lowest BCUT2D eigenvalue weighted by Crippen LogP contribution is -2.55. The summed E-state index contributed by atoms with van der Waals surface area (Å²) in [5.74, 6) is -2.12. The van der Waals surface area contributed by atoms with Crippen molar-refractivity contribution in [2.24, 2.45) is 11.7 Å². The number of sulfonamides is 1. The van der Waals surface area contributed by atoms with E-state index in [1.54, 1.807) is 19.1 Å². The fourth-order valence-corrected chi connectivity index (χ4v) is 5.80. The molecule has 13 heteroatoms.